The van der Waals surface area contributed by atoms with Crippen LogP contribution in [-0.4, -0.2) is 48.7 Å². The molecule has 0 aromatic carbocycles. The van der Waals surface area contributed by atoms with Crippen LogP contribution in [0.2, 0.25) is 0 Å². The molecule has 3 aliphatic heterocycles. The molecule has 1 unspecified atom stereocenters. The summed E-state index contributed by atoms with van der Waals surface area (Å²) in [7, 11) is 0. The number of fused-ring (bicyclic) bond motifs is 1. The number of anilines is 1. The van der Waals surface area contributed by atoms with Crippen molar-refractivity contribution in [1.29, 1.82) is 0 Å². The molecule has 102 valence electrons. The first-order valence-electron chi connectivity index (χ1n) is 7.02. The zero-order valence-corrected chi connectivity index (χ0v) is 11.6. The number of amides is 1. The monoisotopic (exact) mass is 278 g/mol. The van der Waals surface area contributed by atoms with Crippen molar-refractivity contribution >= 4 is 22.9 Å². The fraction of sp³-hybridized carbons (Fsp3) is 0.643. The first-order valence-corrected chi connectivity index (χ1v) is 7.96. The van der Waals surface area contributed by atoms with Gasteiger partial charge in [-0.2, -0.15) is 11.3 Å². The van der Waals surface area contributed by atoms with Crippen molar-refractivity contribution in [3.63, 3.8) is 0 Å². The minimum absolute atomic E-state index is 0.289. The van der Waals surface area contributed by atoms with Gasteiger partial charge < -0.3 is 9.64 Å². The Kier molecular flexibility index (Phi) is 2.86. The van der Waals surface area contributed by atoms with Gasteiger partial charge in [0.2, 0.25) is 5.91 Å². The maximum Gasteiger partial charge on any atom is 0.228 e. The van der Waals surface area contributed by atoms with Crippen molar-refractivity contribution < 1.29 is 9.53 Å². The van der Waals surface area contributed by atoms with Gasteiger partial charge in [0.1, 0.15) is 0 Å². The Morgan fingerprint density at radius 3 is 3.00 bits per heavy atom. The Morgan fingerprint density at radius 2 is 2.26 bits per heavy atom. The van der Waals surface area contributed by atoms with Crippen LogP contribution in [0.3, 0.4) is 0 Å². The number of ether oxygens (including phenoxy) is 1. The van der Waals surface area contributed by atoms with Crippen LogP contribution < -0.4 is 4.90 Å². The van der Waals surface area contributed by atoms with Crippen molar-refractivity contribution in [3.8, 4) is 0 Å². The standard InChI is InChI=1S/C14H18N2O2S/c17-14-7-13-12(16(14)11-3-6-19-9-11)1-4-15(13)10-2-5-18-8-10/h3,6,9-10,12-13H,1-2,4-5,7-8H2/t10?,12-,13+/m1/s1. The second kappa shape index (κ2) is 4.58. The molecule has 0 radical (unpaired) electrons. The lowest BCUT2D eigenvalue weighted by atomic mass is 10.1. The fourth-order valence-electron chi connectivity index (χ4n) is 3.84. The number of carbonyl (C=O) groups is 1. The van der Waals surface area contributed by atoms with E-state index >= 15 is 0 Å². The first kappa shape index (κ1) is 11.9. The molecule has 4 rings (SSSR count). The highest BCUT2D eigenvalue weighted by molar-refractivity contribution is 7.08. The average Bonchev–Trinajstić information content (AvgIpc) is 3.12. The van der Waals surface area contributed by atoms with E-state index in [0.717, 1.165) is 38.3 Å². The molecule has 0 aliphatic carbocycles. The lowest BCUT2D eigenvalue weighted by molar-refractivity contribution is -0.117. The third kappa shape index (κ3) is 1.83. The number of likely N-dealkylation sites (tertiary alicyclic amines) is 1. The van der Waals surface area contributed by atoms with Gasteiger partial charge in [-0.3, -0.25) is 9.69 Å². The van der Waals surface area contributed by atoms with Crippen LogP contribution in [0.1, 0.15) is 19.3 Å². The molecule has 1 amide bonds. The van der Waals surface area contributed by atoms with Crippen LogP contribution in [0, 0.1) is 0 Å². The topological polar surface area (TPSA) is 32.8 Å². The minimum Gasteiger partial charge on any atom is -0.380 e. The number of hydrogen-bond acceptors (Lipinski definition) is 4. The van der Waals surface area contributed by atoms with Crippen LogP contribution in [0.25, 0.3) is 0 Å². The summed E-state index contributed by atoms with van der Waals surface area (Å²) in [4.78, 5) is 16.9. The van der Waals surface area contributed by atoms with Crippen molar-refractivity contribution in [2.45, 2.75) is 37.4 Å². The Hall–Kier alpha value is -0.910. The van der Waals surface area contributed by atoms with Gasteiger partial charge in [-0.1, -0.05) is 0 Å². The number of nitrogens with zero attached hydrogens (tertiary/aromatic N) is 2. The summed E-state index contributed by atoms with van der Waals surface area (Å²) in [6.07, 6.45) is 2.90. The van der Waals surface area contributed by atoms with Gasteiger partial charge >= 0.3 is 0 Å². The van der Waals surface area contributed by atoms with E-state index in [-0.39, 0.29) is 5.91 Å². The smallest absolute Gasteiger partial charge is 0.228 e. The summed E-state index contributed by atoms with van der Waals surface area (Å²) in [5, 5.41) is 4.13. The van der Waals surface area contributed by atoms with Gasteiger partial charge in [-0.15, -0.1) is 0 Å². The number of rotatable bonds is 2. The molecule has 1 aromatic heterocycles. The van der Waals surface area contributed by atoms with E-state index < -0.39 is 0 Å². The predicted octanol–water partition coefficient (Wildman–Crippen LogP) is 1.72. The predicted molar refractivity (Wildman–Crippen MR) is 74.5 cm³/mol. The molecule has 0 N–H and O–H groups in total. The summed E-state index contributed by atoms with van der Waals surface area (Å²) in [6, 6.07) is 3.37. The van der Waals surface area contributed by atoms with Crippen LogP contribution in [-0.2, 0) is 9.53 Å². The zero-order chi connectivity index (χ0) is 12.8. The highest BCUT2D eigenvalue weighted by Crippen LogP contribution is 2.38. The van der Waals surface area contributed by atoms with Gasteiger partial charge in [0.05, 0.1) is 18.3 Å². The van der Waals surface area contributed by atoms with Gasteiger partial charge in [0, 0.05) is 37.0 Å². The Labute approximate surface area is 116 Å². The molecule has 4 nitrogen and oxygen atoms in total. The van der Waals surface area contributed by atoms with Gasteiger partial charge in [-0.05, 0) is 24.3 Å². The minimum atomic E-state index is 0.289. The molecule has 4 heterocycles. The van der Waals surface area contributed by atoms with E-state index in [1.54, 1.807) is 11.3 Å². The van der Waals surface area contributed by atoms with E-state index in [0.29, 0.717) is 24.5 Å². The Morgan fingerprint density at radius 1 is 1.32 bits per heavy atom. The van der Waals surface area contributed by atoms with Crippen molar-refractivity contribution in [1.82, 2.24) is 4.90 Å². The Bertz CT molecular complexity index is 470. The van der Waals surface area contributed by atoms with E-state index in [4.69, 9.17) is 4.74 Å². The van der Waals surface area contributed by atoms with Gasteiger partial charge in [0.15, 0.2) is 0 Å². The quantitative estimate of drug-likeness (QED) is 0.826. The second-order valence-electron chi connectivity index (χ2n) is 5.63. The summed E-state index contributed by atoms with van der Waals surface area (Å²) >= 11 is 1.66. The average molecular weight is 278 g/mol. The van der Waals surface area contributed by atoms with E-state index in [9.17, 15) is 4.79 Å². The van der Waals surface area contributed by atoms with Crippen LogP contribution in [0.15, 0.2) is 16.8 Å². The molecule has 0 saturated carbocycles. The largest absolute Gasteiger partial charge is 0.380 e. The molecular weight excluding hydrogens is 260 g/mol. The summed E-state index contributed by atoms with van der Waals surface area (Å²) in [5.74, 6) is 0.289. The number of thiophene rings is 1. The van der Waals surface area contributed by atoms with Crippen LogP contribution >= 0.6 is 11.3 Å². The summed E-state index contributed by atoms with van der Waals surface area (Å²) in [6.45, 7) is 2.83. The normalized spacial score (nSPS) is 35.3. The Balaban J connectivity index is 1.58. The molecule has 5 heteroatoms. The molecule has 3 fully saturated rings. The summed E-state index contributed by atoms with van der Waals surface area (Å²) in [5.41, 5.74) is 1.09. The van der Waals surface area contributed by atoms with Crippen molar-refractivity contribution in [2.24, 2.45) is 0 Å². The third-order valence-electron chi connectivity index (χ3n) is 4.70. The molecule has 19 heavy (non-hydrogen) atoms. The van der Waals surface area contributed by atoms with Crippen LogP contribution in [0.5, 0.6) is 0 Å². The molecule has 0 spiro atoms. The number of carbonyl (C=O) groups excluding carboxylic acids is 1. The second-order valence-corrected chi connectivity index (χ2v) is 6.41. The molecule has 3 atom stereocenters. The number of hydrogen-bond donors (Lipinski definition) is 0. The summed E-state index contributed by atoms with van der Waals surface area (Å²) < 4.78 is 5.51. The molecule has 1 aromatic rings. The van der Waals surface area contributed by atoms with E-state index in [1.165, 1.54) is 0 Å². The molecular formula is C14H18N2O2S. The van der Waals surface area contributed by atoms with Gasteiger partial charge in [-0.25, -0.2) is 0 Å². The van der Waals surface area contributed by atoms with E-state index in [1.807, 2.05) is 10.3 Å². The first-order chi connectivity index (χ1) is 9.34. The maximum absolute atomic E-state index is 12.3. The van der Waals surface area contributed by atoms with Crippen LogP contribution in [0.4, 0.5) is 5.69 Å². The van der Waals surface area contributed by atoms with E-state index in [2.05, 4.69) is 16.3 Å². The maximum atomic E-state index is 12.3. The van der Waals surface area contributed by atoms with Gasteiger partial charge in [0.25, 0.3) is 0 Å². The van der Waals surface area contributed by atoms with Crippen molar-refractivity contribution in [3.05, 3.63) is 16.8 Å². The van der Waals surface area contributed by atoms with Crippen molar-refractivity contribution in [2.75, 3.05) is 24.7 Å². The fourth-order valence-corrected chi connectivity index (χ4v) is 4.47. The molecule has 3 aliphatic rings. The lowest BCUT2D eigenvalue weighted by Gasteiger charge is -2.28. The lowest BCUT2D eigenvalue weighted by Crippen LogP contribution is -2.42. The zero-order valence-electron chi connectivity index (χ0n) is 10.8. The highest BCUT2D eigenvalue weighted by Gasteiger charge is 2.49. The SMILES string of the molecule is O=C1C[C@H]2[C@@H](CCN2C2CCOC2)N1c1ccsc1. The third-order valence-corrected chi connectivity index (χ3v) is 5.37. The highest BCUT2D eigenvalue weighted by atomic mass is 32.1. The molecule has 3 saturated heterocycles. The molecule has 0 bridgehead atoms.